The van der Waals surface area contributed by atoms with Gasteiger partial charge in [-0.15, -0.1) is 0 Å². The maximum atomic E-state index is 5.67. The molecule has 1 N–H and O–H groups in total. The SMILES string of the molecule is CNc1nccc(-c2cccc(OC(C)C)c2)n1. The Morgan fingerprint density at radius 1 is 1.22 bits per heavy atom. The van der Waals surface area contributed by atoms with Crippen LogP contribution in [0.2, 0.25) is 0 Å². The lowest BCUT2D eigenvalue weighted by Gasteiger charge is -2.10. The fraction of sp³-hybridized carbons (Fsp3) is 0.286. The van der Waals surface area contributed by atoms with E-state index in [1.807, 2.05) is 44.2 Å². The molecule has 2 aromatic rings. The zero-order chi connectivity index (χ0) is 13.0. The number of rotatable bonds is 4. The summed E-state index contributed by atoms with van der Waals surface area (Å²) >= 11 is 0. The molecule has 0 aliphatic heterocycles. The Kier molecular flexibility index (Phi) is 3.77. The molecule has 0 atom stereocenters. The van der Waals surface area contributed by atoms with E-state index in [1.165, 1.54) is 0 Å². The molecule has 1 heterocycles. The van der Waals surface area contributed by atoms with Crippen LogP contribution >= 0.6 is 0 Å². The fourth-order valence-electron chi connectivity index (χ4n) is 1.64. The Labute approximate surface area is 107 Å². The predicted octanol–water partition coefficient (Wildman–Crippen LogP) is 2.97. The van der Waals surface area contributed by atoms with Crippen molar-refractivity contribution in [2.24, 2.45) is 0 Å². The summed E-state index contributed by atoms with van der Waals surface area (Å²) in [7, 11) is 1.80. The highest BCUT2D eigenvalue weighted by Crippen LogP contribution is 2.23. The van der Waals surface area contributed by atoms with Crippen molar-refractivity contribution in [3.8, 4) is 17.0 Å². The minimum atomic E-state index is 0.165. The number of aromatic nitrogens is 2. The van der Waals surface area contributed by atoms with Gasteiger partial charge in [0.1, 0.15) is 5.75 Å². The predicted molar refractivity (Wildman–Crippen MR) is 72.8 cm³/mol. The summed E-state index contributed by atoms with van der Waals surface area (Å²) in [4.78, 5) is 8.50. The van der Waals surface area contributed by atoms with Crippen LogP contribution in [0.3, 0.4) is 0 Å². The van der Waals surface area contributed by atoms with Crippen molar-refractivity contribution in [1.29, 1.82) is 0 Å². The summed E-state index contributed by atoms with van der Waals surface area (Å²) in [5, 5.41) is 2.93. The maximum absolute atomic E-state index is 5.67. The van der Waals surface area contributed by atoms with Gasteiger partial charge in [-0.2, -0.15) is 0 Å². The molecule has 0 aliphatic carbocycles. The van der Waals surface area contributed by atoms with Crippen LogP contribution in [0.4, 0.5) is 5.95 Å². The molecule has 4 nitrogen and oxygen atoms in total. The van der Waals surface area contributed by atoms with Crippen LogP contribution in [0.15, 0.2) is 36.5 Å². The molecule has 0 unspecified atom stereocenters. The van der Waals surface area contributed by atoms with Gasteiger partial charge in [-0.05, 0) is 32.0 Å². The molecule has 0 amide bonds. The van der Waals surface area contributed by atoms with Crippen molar-refractivity contribution in [2.75, 3.05) is 12.4 Å². The van der Waals surface area contributed by atoms with Crippen LogP contribution in [0.5, 0.6) is 5.75 Å². The first-order valence-corrected chi connectivity index (χ1v) is 5.97. The van der Waals surface area contributed by atoms with Gasteiger partial charge in [-0.1, -0.05) is 12.1 Å². The Hall–Kier alpha value is -2.10. The topological polar surface area (TPSA) is 47.0 Å². The van der Waals surface area contributed by atoms with E-state index in [-0.39, 0.29) is 6.10 Å². The molecule has 0 saturated carbocycles. The van der Waals surface area contributed by atoms with Gasteiger partial charge in [0.2, 0.25) is 5.95 Å². The number of nitrogens with one attached hydrogen (secondary N) is 1. The van der Waals surface area contributed by atoms with Crippen molar-refractivity contribution >= 4 is 5.95 Å². The molecule has 4 heteroatoms. The van der Waals surface area contributed by atoms with Crippen LogP contribution in [0, 0.1) is 0 Å². The molecule has 0 fully saturated rings. The van der Waals surface area contributed by atoms with Gasteiger partial charge >= 0.3 is 0 Å². The van der Waals surface area contributed by atoms with Gasteiger partial charge in [0.15, 0.2) is 0 Å². The molecule has 1 aromatic heterocycles. The monoisotopic (exact) mass is 243 g/mol. The minimum absolute atomic E-state index is 0.165. The molecular formula is C14H17N3O. The summed E-state index contributed by atoms with van der Waals surface area (Å²) in [5.74, 6) is 1.47. The standard InChI is InChI=1S/C14H17N3O/c1-10(2)18-12-6-4-5-11(9-12)13-7-8-16-14(15-3)17-13/h4-10H,1-3H3,(H,15,16,17). The number of hydrogen-bond donors (Lipinski definition) is 1. The van der Waals surface area contributed by atoms with E-state index in [0.717, 1.165) is 17.0 Å². The molecule has 0 saturated heterocycles. The second-order valence-electron chi connectivity index (χ2n) is 4.21. The Morgan fingerprint density at radius 3 is 2.78 bits per heavy atom. The van der Waals surface area contributed by atoms with Gasteiger partial charge in [0.05, 0.1) is 11.8 Å². The van der Waals surface area contributed by atoms with Crippen LogP contribution in [-0.2, 0) is 0 Å². The first-order chi connectivity index (χ1) is 8.69. The van der Waals surface area contributed by atoms with Gasteiger partial charge in [0.25, 0.3) is 0 Å². The summed E-state index contributed by atoms with van der Waals surface area (Å²) in [6, 6.07) is 9.80. The van der Waals surface area contributed by atoms with Crippen molar-refractivity contribution in [2.45, 2.75) is 20.0 Å². The van der Waals surface area contributed by atoms with Crippen molar-refractivity contribution in [1.82, 2.24) is 9.97 Å². The molecule has 94 valence electrons. The molecule has 0 radical (unpaired) electrons. The van der Waals surface area contributed by atoms with E-state index in [9.17, 15) is 0 Å². The van der Waals surface area contributed by atoms with Gasteiger partial charge in [-0.3, -0.25) is 0 Å². The molecular weight excluding hydrogens is 226 g/mol. The Balaban J connectivity index is 2.32. The van der Waals surface area contributed by atoms with E-state index in [0.29, 0.717) is 5.95 Å². The number of anilines is 1. The third-order valence-electron chi connectivity index (χ3n) is 2.38. The minimum Gasteiger partial charge on any atom is -0.491 e. The number of ether oxygens (including phenoxy) is 1. The second-order valence-corrected chi connectivity index (χ2v) is 4.21. The van der Waals surface area contributed by atoms with E-state index < -0.39 is 0 Å². The highest BCUT2D eigenvalue weighted by atomic mass is 16.5. The molecule has 0 aliphatic rings. The molecule has 1 aromatic carbocycles. The molecule has 18 heavy (non-hydrogen) atoms. The first kappa shape index (κ1) is 12.4. The quantitative estimate of drug-likeness (QED) is 0.896. The highest BCUT2D eigenvalue weighted by Gasteiger charge is 2.04. The number of nitrogens with zero attached hydrogens (tertiary/aromatic N) is 2. The van der Waals surface area contributed by atoms with Gasteiger partial charge in [-0.25, -0.2) is 9.97 Å². The van der Waals surface area contributed by atoms with Crippen molar-refractivity contribution in [3.05, 3.63) is 36.5 Å². The summed E-state index contributed by atoms with van der Waals surface area (Å²) in [6.45, 7) is 4.02. The number of hydrogen-bond acceptors (Lipinski definition) is 4. The lowest BCUT2D eigenvalue weighted by atomic mass is 10.1. The summed E-state index contributed by atoms with van der Waals surface area (Å²) in [5.41, 5.74) is 1.90. The Bertz CT molecular complexity index is 526. The zero-order valence-corrected chi connectivity index (χ0v) is 10.8. The van der Waals surface area contributed by atoms with Crippen LogP contribution in [0.25, 0.3) is 11.3 Å². The van der Waals surface area contributed by atoms with E-state index in [4.69, 9.17) is 4.74 Å². The zero-order valence-electron chi connectivity index (χ0n) is 10.8. The third-order valence-corrected chi connectivity index (χ3v) is 2.38. The molecule has 0 bridgehead atoms. The smallest absolute Gasteiger partial charge is 0.222 e. The molecule has 0 spiro atoms. The summed E-state index contributed by atoms with van der Waals surface area (Å²) in [6.07, 6.45) is 1.91. The molecule has 2 rings (SSSR count). The lowest BCUT2D eigenvalue weighted by Crippen LogP contribution is -2.05. The second kappa shape index (κ2) is 5.49. The van der Waals surface area contributed by atoms with Crippen LogP contribution in [0.1, 0.15) is 13.8 Å². The first-order valence-electron chi connectivity index (χ1n) is 5.97. The average molecular weight is 243 g/mol. The largest absolute Gasteiger partial charge is 0.491 e. The highest BCUT2D eigenvalue weighted by molar-refractivity contribution is 5.61. The van der Waals surface area contributed by atoms with Gasteiger partial charge < -0.3 is 10.1 Å². The van der Waals surface area contributed by atoms with E-state index >= 15 is 0 Å². The van der Waals surface area contributed by atoms with Crippen molar-refractivity contribution < 1.29 is 4.74 Å². The van der Waals surface area contributed by atoms with Crippen molar-refractivity contribution in [3.63, 3.8) is 0 Å². The van der Waals surface area contributed by atoms with E-state index in [2.05, 4.69) is 15.3 Å². The average Bonchev–Trinajstić information content (AvgIpc) is 2.38. The normalized spacial score (nSPS) is 10.4. The Morgan fingerprint density at radius 2 is 2.06 bits per heavy atom. The van der Waals surface area contributed by atoms with E-state index in [1.54, 1.807) is 13.2 Å². The van der Waals surface area contributed by atoms with Gasteiger partial charge in [0, 0.05) is 18.8 Å². The van der Waals surface area contributed by atoms with Crippen LogP contribution in [-0.4, -0.2) is 23.1 Å². The number of benzene rings is 1. The third kappa shape index (κ3) is 2.97. The summed E-state index contributed by atoms with van der Waals surface area (Å²) < 4.78 is 5.67. The maximum Gasteiger partial charge on any atom is 0.222 e. The fourth-order valence-corrected chi connectivity index (χ4v) is 1.64. The van der Waals surface area contributed by atoms with Crippen LogP contribution < -0.4 is 10.1 Å². The lowest BCUT2D eigenvalue weighted by molar-refractivity contribution is 0.242.